The van der Waals surface area contributed by atoms with E-state index in [9.17, 15) is 8.78 Å². The van der Waals surface area contributed by atoms with Crippen LogP contribution in [0.4, 0.5) is 8.78 Å². The average Bonchev–Trinajstić information content (AvgIpc) is 2.80. The first-order valence-corrected chi connectivity index (χ1v) is 6.13. The lowest BCUT2D eigenvalue weighted by Gasteiger charge is -2.37. The third-order valence-electron chi connectivity index (χ3n) is 3.90. The summed E-state index contributed by atoms with van der Waals surface area (Å²) in [6, 6.07) is 7.54. The lowest BCUT2D eigenvalue weighted by molar-refractivity contribution is -0.0513. The van der Waals surface area contributed by atoms with E-state index in [4.69, 9.17) is 10.2 Å². The van der Waals surface area contributed by atoms with Crippen molar-refractivity contribution in [3.63, 3.8) is 0 Å². The molecule has 1 aliphatic rings. The molecule has 0 amide bonds. The van der Waals surface area contributed by atoms with Crippen molar-refractivity contribution in [3.05, 3.63) is 36.1 Å². The Labute approximate surface area is 104 Å². The molecule has 1 saturated carbocycles. The third-order valence-corrected chi connectivity index (χ3v) is 3.90. The van der Waals surface area contributed by atoms with Crippen LogP contribution in [0.5, 0.6) is 0 Å². The molecule has 0 unspecified atom stereocenters. The largest absolute Gasteiger partial charge is 0.464 e. The van der Waals surface area contributed by atoms with Gasteiger partial charge in [-0.1, -0.05) is 6.07 Å². The van der Waals surface area contributed by atoms with E-state index in [1.54, 1.807) is 6.26 Å². The van der Waals surface area contributed by atoms with Gasteiger partial charge in [-0.15, -0.1) is 0 Å². The Hall–Kier alpha value is -1.42. The normalized spacial score (nSPS) is 22.2. The second-order valence-electron chi connectivity index (χ2n) is 5.19. The summed E-state index contributed by atoms with van der Waals surface area (Å²) in [5, 5.41) is 0.967. The van der Waals surface area contributed by atoms with Crippen LogP contribution >= 0.6 is 0 Å². The van der Waals surface area contributed by atoms with Crippen LogP contribution in [0.25, 0.3) is 11.0 Å². The van der Waals surface area contributed by atoms with Crippen molar-refractivity contribution in [2.45, 2.75) is 37.1 Å². The molecule has 0 bridgehead atoms. The molecule has 18 heavy (non-hydrogen) atoms. The smallest absolute Gasteiger partial charge is 0.248 e. The molecular formula is C14H15F2NO. The standard InChI is InChI=1S/C14H15F2NO/c15-14(16)6-4-13(17,5-7-14)11-1-2-12-10(9-11)3-8-18-12/h1-3,8-9H,4-7,17H2. The quantitative estimate of drug-likeness (QED) is 0.837. The van der Waals surface area contributed by atoms with Crippen molar-refractivity contribution in [1.29, 1.82) is 0 Å². The Morgan fingerprint density at radius 3 is 2.50 bits per heavy atom. The van der Waals surface area contributed by atoms with Gasteiger partial charge in [0.1, 0.15) is 5.58 Å². The van der Waals surface area contributed by atoms with Crippen LogP contribution in [-0.4, -0.2) is 5.92 Å². The maximum atomic E-state index is 13.2. The Morgan fingerprint density at radius 2 is 1.78 bits per heavy atom. The molecule has 96 valence electrons. The molecule has 2 N–H and O–H groups in total. The SMILES string of the molecule is NC1(c2ccc3occc3c2)CCC(F)(F)CC1. The van der Waals surface area contributed by atoms with Crippen LogP contribution in [0, 0.1) is 0 Å². The monoisotopic (exact) mass is 251 g/mol. The Kier molecular flexibility index (Phi) is 2.45. The molecule has 0 spiro atoms. The minimum atomic E-state index is -2.55. The topological polar surface area (TPSA) is 39.2 Å². The summed E-state index contributed by atoms with van der Waals surface area (Å²) >= 11 is 0. The number of halogens is 2. The van der Waals surface area contributed by atoms with Crippen molar-refractivity contribution in [3.8, 4) is 0 Å². The van der Waals surface area contributed by atoms with Gasteiger partial charge in [0.25, 0.3) is 0 Å². The van der Waals surface area contributed by atoms with Gasteiger partial charge in [0.2, 0.25) is 5.92 Å². The molecule has 1 fully saturated rings. The summed E-state index contributed by atoms with van der Waals surface area (Å²) in [6.07, 6.45) is 2.00. The van der Waals surface area contributed by atoms with Gasteiger partial charge in [-0.25, -0.2) is 8.78 Å². The Morgan fingerprint density at radius 1 is 1.06 bits per heavy atom. The lowest BCUT2D eigenvalue weighted by Crippen LogP contribution is -2.43. The second-order valence-corrected chi connectivity index (χ2v) is 5.19. The van der Waals surface area contributed by atoms with E-state index in [0.717, 1.165) is 16.5 Å². The number of nitrogens with two attached hydrogens (primary N) is 1. The summed E-state index contributed by atoms with van der Waals surface area (Å²) in [5.41, 5.74) is 7.38. The van der Waals surface area contributed by atoms with Crippen LogP contribution < -0.4 is 5.73 Å². The highest BCUT2D eigenvalue weighted by atomic mass is 19.3. The number of alkyl halides is 2. The van der Waals surface area contributed by atoms with Gasteiger partial charge in [0.05, 0.1) is 6.26 Å². The molecule has 1 aromatic carbocycles. The maximum Gasteiger partial charge on any atom is 0.248 e. The van der Waals surface area contributed by atoms with E-state index in [1.807, 2.05) is 24.3 Å². The fourth-order valence-electron chi connectivity index (χ4n) is 2.63. The van der Waals surface area contributed by atoms with Crippen LogP contribution in [0.2, 0.25) is 0 Å². The van der Waals surface area contributed by atoms with E-state index >= 15 is 0 Å². The summed E-state index contributed by atoms with van der Waals surface area (Å²) in [6.45, 7) is 0. The molecule has 0 saturated heterocycles. The van der Waals surface area contributed by atoms with Gasteiger partial charge < -0.3 is 10.2 Å². The molecule has 0 atom stereocenters. The fourth-order valence-corrected chi connectivity index (χ4v) is 2.63. The van der Waals surface area contributed by atoms with Crippen LogP contribution in [0.15, 0.2) is 34.9 Å². The van der Waals surface area contributed by atoms with Gasteiger partial charge in [-0.05, 0) is 36.6 Å². The predicted molar refractivity (Wildman–Crippen MR) is 65.5 cm³/mol. The summed E-state index contributed by atoms with van der Waals surface area (Å²) < 4.78 is 31.7. The van der Waals surface area contributed by atoms with Crippen LogP contribution in [0.1, 0.15) is 31.2 Å². The molecule has 2 nitrogen and oxygen atoms in total. The zero-order valence-electron chi connectivity index (χ0n) is 9.96. The minimum Gasteiger partial charge on any atom is -0.464 e. The number of benzene rings is 1. The average molecular weight is 251 g/mol. The van der Waals surface area contributed by atoms with Crippen molar-refractivity contribution >= 4 is 11.0 Å². The first-order chi connectivity index (χ1) is 8.49. The first kappa shape index (κ1) is 11.7. The van der Waals surface area contributed by atoms with E-state index in [-0.39, 0.29) is 12.8 Å². The van der Waals surface area contributed by atoms with E-state index in [0.29, 0.717) is 12.8 Å². The zero-order valence-corrected chi connectivity index (χ0v) is 9.96. The number of fused-ring (bicyclic) bond motifs is 1. The molecule has 1 aromatic heterocycles. The Bertz CT molecular complexity index is 566. The number of hydrogen-bond acceptors (Lipinski definition) is 2. The molecule has 0 aliphatic heterocycles. The van der Waals surface area contributed by atoms with Gasteiger partial charge in [0.15, 0.2) is 0 Å². The first-order valence-electron chi connectivity index (χ1n) is 6.13. The van der Waals surface area contributed by atoms with E-state index in [1.165, 1.54) is 0 Å². The summed E-state index contributed by atoms with van der Waals surface area (Å²) in [7, 11) is 0. The van der Waals surface area contributed by atoms with Gasteiger partial charge in [-0.3, -0.25) is 0 Å². The minimum absolute atomic E-state index is 0.132. The van der Waals surface area contributed by atoms with Gasteiger partial charge in [-0.2, -0.15) is 0 Å². The number of hydrogen-bond donors (Lipinski definition) is 1. The van der Waals surface area contributed by atoms with Crippen molar-refractivity contribution in [2.24, 2.45) is 5.73 Å². The number of rotatable bonds is 1. The van der Waals surface area contributed by atoms with Crippen molar-refractivity contribution in [1.82, 2.24) is 0 Å². The third kappa shape index (κ3) is 1.90. The molecule has 2 aromatic rings. The molecule has 0 radical (unpaired) electrons. The van der Waals surface area contributed by atoms with Crippen molar-refractivity contribution in [2.75, 3.05) is 0 Å². The van der Waals surface area contributed by atoms with E-state index < -0.39 is 11.5 Å². The highest BCUT2D eigenvalue weighted by Crippen LogP contribution is 2.42. The Balaban J connectivity index is 1.93. The number of furan rings is 1. The van der Waals surface area contributed by atoms with E-state index in [2.05, 4.69) is 0 Å². The van der Waals surface area contributed by atoms with Crippen LogP contribution in [0.3, 0.4) is 0 Å². The fraction of sp³-hybridized carbons (Fsp3) is 0.429. The highest BCUT2D eigenvalue weighted by Gasteiger charge is 2.42. The van der Waals surface area contributed by atoms with Crippen LogP contribution in [-0.2, 0) is 5.54 Å². The molecule has 1 heterocycles. The molecule has 1 aliphatic carbocycles. The summed E-state index contributed by atoms with van der Waals surface area (Å²) in [4.78, 5) is 0. The second kappa shape index (κ2) is 3.79. The molecule has 4 heteroatoms. The molecular weight excluding hydrogens is 236 g/mol. The molecule has 3 rings (SSSR count). The van der Waals surface area contributed by atoms with Gasteiger partial charge >= 0.3 is 0 Å². The lowest BCUT2D eigenvalue weighted by atomic mass is 9.76. The van der Waals surface area contributed by atoms with Gasteiger partial charge in [0, 0.05) is 23.8 Å². The summed E-state index contributed by atoms with van der Waals surface area (Å²) in [5.74, 6) is -2.55. The predicted octanol–water partition coefficient (Wildman–Crippen LogP) is 3.80. The maximum absolute atomic E-state index is 13.2. The van der Waals surface area contributed by atoms with Crippen molar-refractivity contribution < 1.29 is 13.2 Å². The highest BCUT2D eigenvalue weighted by molar-refractivity contribution is 5.78. The zero-order chi connectivity index (χ0) is 12.8.